The molecule has 0 aliphatic heterocycles. The van der Waals surface area contributed by atoms with Gasteiger partial charge in [0.1, 0.15) is 0 Å². The molecule has 110 valence electrons. The molecule has 0 saturated carbocycles. The maximum atomic E-state index is 11.1. The van der Waals surface area contributed by atoms with Crippen LogP contribution in [0.3, 0.4) is 0 Å². The minimum atomic E-state index is -0.385. The number of aliphatic hydroxyl groups is 1. The highest BCUT2D eigenvalue weighted by atomic mass is 16.6. The van der Waals surface area contributed by atoms with Gasteiger partial charge >= 0.3 is 0 Å². The standard InChI is InChI=1S/C16H18N2O3/c1-12(14-9-5-6-10-16(14)18(20)21)17-15(11-19)13-7-3-2-4-8-13/h2-10,12,15,17,19H,11H2,1H3/t12?,15-/m0/s1. The van der Waals surface area contributed by atoms with Crippen molar-refractivity contribution in [2.75, 3.05) is 6.61 Å². The second-order valence-electron chi connectivity index (χ2n) is 4.85. The molecular formula is C16H18N2O3. The Hall–Kier alpha value is -2.24. The van der Waals surface area contributed by atoms with Gasteiger partial charge in [-0.15, -0.1) is 0 Å². The van der Waals surface area contributed by atoms with Gasteiger partial charge in [-0.2, -0.15) is 0 Å². The number of hydrogen-bond donors (Lipinski definition) is 2. The fraction of sp³-hybridized carbons (Fsp3) is 0.250. The van der Waals surface area contributed by atoms with Crippen molar-refractivity contribution in [1.29, 1.82) is 0 Å². The van der Waals surface area contributed by atoms with Crippen LogP contribution in [0.15, 0.2) is 54.6 Å². The van der Waals surface area contributed by atoms with Crippen molar-refractivity contribution in [3.05, 3.63) is 75.8 Å². The van der Waals surface area contributed by atoms with E-state index in [1.54, 1.807) is 18.2 Å². The van der Waals surface area contributed by atoms with E-state index in [0.29, 0.717) is 5.56 Å². The van der Waals surface area contributed by atoms with Crippen LogP contribution in [-0.2, 0) is 0 Å². The van der Waals surface area contributed by atoms with Crippen LogP contribution in [-0.4, -0.2) is 16.6 Å². The van der Waals surface area contributed by atoms with Crippen LogP contribution in [0.1, 0.15) is 30.1 Å². The molecule has 2 aromatic carbocycles. The van der Waals surface area contributed by atoms with Crippen molar-refractivity contribution < 1.29 is 10.0 Å². The molecule has 5 heteroatoms. The van der Waals surface area contributed by atoms with Gasteiger partial charge in [-0.3, -0.25) is 10.1 Å². The highest BCUT2D eigenvalue weighted by molar-refractivity contribution is 5.42. The lowest BCUT2D eigenvalue weighted by atomic mass is 10.0. The van der Waals surface area contributed by atoms with Crippen molar-refractivity contribution in [3.8, 4) is 0 Å². The summed E-state index contributed by atoms with van der Waals surface area (Å²) >= 11 is 0. The third kappa shape index (κ3) is 3.65. The lowest BCUT2D eigenvalue weighted by Crippen LogP contribution is -2.27. The SMILES string of the molecule is CC(N[C@@H](CO)c1ccccc1)c1ccccc1[N+](=O)[O-]. The van der Waals surface area contributed by atoms with Gasteiger partial charge in [0.25, 0.3) is 5.69 Å². The molecule has 0 aromatic heterocycles. The van der Waals surface area contributed by atoms with Crippen LogP contribution < -0.4 is 5.32 Å². The molecule has 0 aliphatic rings. The van der Waals surface area contributed by atoms with Crippen LogP contribution in [0.25, 0.3) is 0 Å². The summed E-state index contributed by atoms with van der Waals surface area (Å²) in [5.74, 6) is 0. The van der Waals surface area contributed by atoms with E-state index in [1.807, 2.05) is 37.3 Å². The molecule has 1 unspecified atom stereocenters. The predicted molar refractivity (Wildman–Crippen MR) is 80.9 cm³/mol. The zero-order valence-corrected chi connectivity index (χ0v) is 11.8. The second-order valence-corrected chi connectivity index (χ2v) is 4.85. The molecule has 2 atom stereocenters. The van der Waals surface area contributed by atoms with E-state index >= 15 is 0 Å². The largest absolute Gasteiger partial charge is 0.394 e. The van der Waals surface area contributed by atoms with Gasteiger partial charge in [0.2, 0.25) is 0 Å². The molecule has 0 saturated heterocycles. The summed E-state index contributed by atoms with van der Waals surface area (Å²) < 4.78 is 0. The Labute approximate surface area is 123 Å². The van der Waals surface area contributed by atoms with Gasteiger partial charge in [-0.1, -0.05) is 48.5 Å². The first kappa shape index (κ1) is 15.2. The number of hydrogen-bond acceptors (Lipinski definition) is 4. The average molecular weight is 286 g/mol. The van der Waals surface area contributed by atoms with E-state index in [-0.39, 0.29) is 29.3 Å². The summed E-state index contributed by atoms with van der Waals surface area (Å²) in [4.78, 5) is 10.7. The Morgan fingerprint density at radius 2 is 1.76 bits per heavy atom. The number of aliphatic hydroxyl groups excluding tert-OH is 1. The molecular weight excluding hydrogens is 268 g/mol. The van der Waals surface area contributed by atoms with Crippen LogP contribution in [0.5, 0.6) is 0 Å². The van der Waals surface area contributed by atoms with Crippen molar-refractivity contribution in [2.45, 2.75) is 19.0 Å². The lowest BCUT2D eigenvalue weighted by molar-refractivity contribution is -0.385. The first-order valence-corrected chi connectivity index (χ1v) is 6.78. The molecule has 2 rings (SSSR count). The number of rotatable bonds is 6. The van der Waals surface area contributed by atoms with E-state index < -0.39 is 0 Å². The summed E-state index contributed by atoms with van der Waals surface area (Å²) in [6.07, 6.45) is 0. The van der Waals surface area contributed by atoms with Crippen LogP contribution in [0.4, 0.5) is 5.69 Å². The van der Waals surface area contributed by atoms with E-state index in [1.165, 1.54) is 6.07 Å². The fourth-order valence-electron chi connectivity index (χ4n) is 2.35. The molecule has 0 spiro atoms. The number of nitro benzene ring substituents is 1. The van der Waals surface area contributed by atoms with Crippen LogP contribution in [0, 0.1) is 10.1 Å². The highest BCUT2D eigenvalue weighted by Gasteiger charge is 2.21. The number of nitro groups is 1. The van der Waals surface area contributed by atoms with Gasteiger partial charge in [0, 0.05) is 17.7 Å². The van der Waals surface area contributed by atoms with E-state index in [4.69, 9.17) is 0 Å². The molecule has 0 aliphatic carbocycles. The summed E-state index contributed by atoms with van der Waals surface area (Å²) in [6.45, 7) is 1.78. The summed E-state index contributed by atoms with van der Waals surface area (Å²) in [5.41, 5.74) is 1.64. The Morgan fingerprint density at radius 1 is 1.14 bits per heavy atom. The first-order chi connectivity index (χ1) is 10.1. The Morgan fingerprint density at radius 3 is 2.38 bits per heavy atom. The van der Waals surface area contributed by atoms with Crippen molar-refractivity contribution >= 4 is 5.69 Å². The van der Waals surface area contributed by atoms with E-state index in [0.717, 1.165) is 5.56 Å². The normalized spacial score (nSPS) is 13.6. The third-order valence-electron chi connectivity index (χ3n) is 3.44. The lowest BCUT2D eigenvalue weighted by Gasteiger charge is -2.22. The number of benzene rings is 2. The Kier molecular flexibility index (Phi) is 5.03. The Bertz CT molecular complexity index is 601. The molecule has 0 radical (unpaired) electrons. The monoisotopic (exact) mass is 286 g/mol. The maximum Gasteiger partial charge on any atom is 0.274 e. The summed E-state index contributed by atoms with van der Waals surface area (Å²) in [6, 6.07) is 15.7. The topological polar surface area (TPSA) is 75.4 Å². The summed E-state index contributed by atoms with van der Waals surface area (Å²) in [5, 5.41) is 23.9. The van der Waals surface area contributed by atoms with Crippen molar-refractivity contribution in [2.24, 2.45) is 0 Å². The number of nitrogens with zero attached hydrogens (tertiary/aromatic N) is 1. The molecule has 2 N–H and O–H groups in total. The van der Waals surface area contributed by atoms with Gasteiger partial charge in [0.05, 0.1) is 17.6 Å². The average Bonchev–Trinajstić information content (AvgIpc) is 2.53. The Balaban J connectivity index is 2.21. The van der Waals surface area contributed by atoms with E-state index in [9.17, 15) is 15.2 Å². The first-order valence-electron chi connectivity index (χ1n) is 6.78. The van der Waals surface area contributed by atoms with Crippen molar-refractivity contribution in [3.63, 3.8) is 0 Å². The smallest absolute Gasteiger partial charge is 0.274 e. The molecule has 0 bridgehead atoms. The van der Waals surface area contributed by atoms with Crippen LogP contribution >= 0.6 is 0 Å². The van der Waals surface area contributed by atoms with Gasteiger partial charge in [0.15, 0.2) is 0 Å². The maximum absolute atomic E-state index is 11.1. The predicted octanol–water partition coefficient (Wildman–Crippen LogP) is 2.98. The number of nitrogens with one attached hydrogen (secondary N) is 1. The molecule has 21 heavy (non-hydrogen) atoms. The van der Waals surface area contributed by atoms with Crippen LogP contribution in [0.2, 0.25) is 0 Å². The minimum Gasteiger partial charge on any atom is -0.394 e. The van der Waals surface area contributed by atoms with Gasteiger partial charge < -0.3 is 10.4 Å². The van der Waals surface area contributed by atoms with E-state index in [2.05, 4.69) is 5.32 Å². The molecule has 0 fully saturated rings. The minimum absolute atomic E-state index is 0.0744. The molecule has 5 nitrogen and oxygen atoms in total. The third-order valence-corrected chi connectivity index (χ3v) is 3.44. The summed E-state index contributed by atoms with van der Waals surface area (Å²) in [7, 11) is 0. The quantitative estimate of drug-likeness (QED) is 0.632. The van der Waals surface area contributed by atoms with Crippen molar-refractivity contribution in [1.82, 2.24) is 5.32 Å². The van der Waals surface area contributed by atoms with Gasteiger partial charge in [-0.25, -0.2) is 0 Å². The van der Waals surface area contributed by atoms with Gasteiger partial charge in [-0.05, 0) is 12.5 Å². The molecule has 2 aromatic rings. The fourth-order valence-corrected chi connectivity index (χ4v) is 2.35. The zero-order valence-electron chi connectivity index (χ0n) is 11.8. The molecule has 0 heterocycles. The highest BCUT2D eigenvalue weighted by Crippen LogP contribution is 2.26. The number of para-hydroxylation sites is 1. The molecule has 0 amide bonds. The second kappa shape index (κ2) is 6.97. The zero-order chi connectivity index (χ0) is 15.2.